The molecule has 0 spiro atoms. The van der Waals surface area contributed by atoms with Crippen LogP contribution in [-0.4, -0.2) is 27.3 Å². The first-order chi connectivity index (χ1) is 11.2. The van der Waals surface area contributed by atoms with E-state index in [1.807, 2.05) is 0 Å². The second-order valence-electron chi connectivity index (χ2n) is 4.61. The van der Waals surface area contributed by atoms with Crippen molar-refractivity contribution in [1.82, 2.24) is 20.2 Å². The molecule has 1 aromatic heterocycles. The van der Waals surface area contributed by atoms with Gasteiger partial charge in [0.05, 0.1) is 12.8 Å². The van der Waals surface area contributed by atoms with Crippen molar-refractivity contribution in [3.05, 3.63) is 59.7 Å². The molecule has 0 unspecified atom stereocenters. The van der Waals surface area contributed by atoms with E-state index >= 15 is 0 Å². The lowest BCUT2D eigenvalue weighted by molar-refractivity contribution is 0.386. The number of hydrogen-bond donors (Lipinski definition) is 0. The molecule has 0 fully saturated rings. The van der Waals surface area contributed by atoms with Gasteiger partial charge in [0.15, 0.2) is 11.6 Å². The van der Waals surface area contributed by atoms with Crippen molar-refractivity contribution in [3.63, 3.8) is 0 Å². The van der Waals surface area contributed by atoms with Gasteiger partial charge in [0, 0.05) is 5.75 Å². The van der Waals surface area contributed by atoms with E-state index in [1.165, 1.54) is 41.8 Å². The van der Waals surface area contributed by atoms with Crippen molar-refractivity contribution in [2.75, 3.05) is 7.11 Å². The Labute approximate surface area is 135 Å². The minimum atomic E-state index is -0.421. The van der Waals surface area contributed by atoms with E-state index < -0.39 is 5.82 Å². The summed E-state index contributed by atoms with van der Waals surface area (Å²) >= 11 is 1.33. The highest BCUT2D eigenvalue weighted by molar-refractivity contribution is 7.98. The molecular weight excluding hydrogens is 322 g/mol. The third kappa shape index (κ3) is 3.48. The zero-order chi connectivity index (χ0) is 16.2. The van der Waals surface area contributed by atoms with Gasteiger partial charge in [-0.3, -0.25) is 0 Å². The van der Waals surface area contributed by atoms with Crippen LogP contribution < -0.4 is 4.74 Å². The van der Waals surface area contributed by atoms with Crippen molar-refractivity contribution >= 4 is 11.8 Å². The number of aromatic nitrogens is 4. The number of methoxy groups -OCH3 is 1. The van der Waals surface area contributed by atoms with Gasteiger partial charge in [-0.15, -0.1) is 5.10 Å². The zero-order valence-corrected chi connectivity index (χ0v) is 12.9. The molecule has 0 atom stereocenters. The van der Waals surface area contributed by atoms with E-state index in [-0.39, 0.29) is 11.6 Å². The summed E-state index contributed by atoms with van der Waals surface area (Å²) in [5.41, 5.74) is 1.29. The number of benzene rings is 2. The standard InChI is InChI=1S/C15H12F2N4OS/c1-22-14-6-5-10(7-13(14)17)9-23-15-18-19-20-21(15)12-4-2-3-11(16)8-12/h2-8H,9H2,1H3. The smallest absolute Gasteiger partial charge is 0.214 e. The average Bonchev–Trinajstić information content (AvgIpc) is 3.01. The number of thioether (sulfide) groups is 1. The summed E-state index contributed by atoms with van der Waals surface area (Å²) in [4.78, 5) is 0. The number of halogens is 2. The molecule has 0 aliphatic heterocycles. The van der Waals surface area contributed by atoms with Crippen LogP contribution in [0.15, 0.2) is 47.6 Å². The quantitative estimate of drug-likeness (QED) is 0.671. The summed E-state index contributed by atoms with van der Waals surface area (Å²) in [6.45, 7) is 0. The van der Waals surface area contributed by atoms with Crippen LogP contribution >= 0.6 is 11.8 Å². The maximum Gasteiger partial charge on any atom is 0.214 e. The summed E-state index contributed by atoms with van der Waals surface area (Å²) < 4.78 is 33.3. The van der Waals surface area contributed by atoms with E-state index in [4.69, 9.17) is 4.74 Å². The Balaban J connectivity index is 1.77. The molecule has 5 nitrogen and oxygen atoms in total. The van der Waals surface area contributed by atoms with Crippen LogP contribution in [0.4, 0.5) is 8.78 Å². The fraction of sp³-hybridized carbons (Fsp3) is 0.133. The minimum absolute atomic E-state index is 0.198. The summed E-state index contributed by atoms with van der Waals surface area (Å²) in [7, 11) is 1.42. The molecule has 0 aliphatic carbocycles. The third-order valence-corrected chi connectivity index (χ3v) is 4.07. The summed E-state index contributed by atoms with van der Waals surface area (Å²) in [6.07, 6.45) is 0. The molecule has 23 heavy (non-hydrogen) atoms. The van der Waals surface area contributed by atoms with Crippen LogP contribution in [0, 0.1) is 11.6 Å². The molecule has 3 rings (SSSR count). The van der Waals surface area contributed by atoms with Crippen molar-refractivity contribution in [1.29, 1.82) is 0 Å². The highest BCUT2D eigenvalue weighted by atomic mass is 32.2. The van der Waals surface area contributed by atoms with E-state index in [2.05, 4.69) is 15.5 Å². The Hall–Kier alpha value is -2.48. The highest BCUT2D eigenvalue weighted by Crippen LogP contribution is 2.25. The normalized spacial score (nSPS) is 10.7. The minimum Gasteiger partial charge on any atom is -0.494 e. The maximum atomic E-state index is 13.7. The molecule has 0 radical (unpaired) electrons. The van der Waals surface area contributed by atoms with Gasteiger partial charge in [-0.05, 0) is 46.3 Å². The molecule has 8 heteroatoms. The number of hydrogen-bond acceptors (Lipinski definition) is 5. The molecule has 3 aromatic rings. The van der Waals surface area contributed by atoms with Gasteiger partial charge in [-0.1, -0.05) is 23.9 Å². The topological polar surface area (TPSA) is 52.8 Å². The van der Waals surface area contributed by atoms with E-state index in [1.54, 1.807) is 24.3 Å². The lowest BCUT2D eigenvalue weighted by Gasteiger charge is -2.06. The number of rotatable bonds is 5. The van der Waals surface area contributed by atoms with Gasteiger partial charge in [-0.2, -0.15) is 4.68 Å². The largest absolute Gasteiger partial charge is 0.494 e. The Bertz CT molecular complexity index is 825. The van der Waals surface area contributed by atoms with Crippen molar-refractivity contribution in [2.45, 2.75) is 10.9 Å². The van der Waals surface area contributed by atoms with Crippen LogP contribution in [-0.2, 0) is 5.75 Å². The van der Waals surface area contributed by atoms with Gasteiger partial charge in [0.25, 0.3) is 0 Å². The molecule has 0 amide bonds. The Kier molecular flexibility index (Phi) is 4.52. The molecule has 0 N–H and O–H groups in total. The zero-order valence-electron chi connectivity index (χ0n) is 12.1. The molecule has 0 saturated carbocycles. The molecular formula is C15H12F2N4OS. The van der Waals surface area contributed by atoms with Gasteiger partial charge in [0.2, 0.25) is 5.16 Å². The molecule has 118 valence electrons. The maximum absolute atomic E-state index is 13.7. The fourth-order valence-electron chi connectivity index (χ4n) is 1.99. The summed E-state index contributed by atoms with van der Waals surface area (Å²) in [5.74, 6) is -0.124. The van der Waals surface area contributed by atoms with E-state index in [0.29, 0.717) is 16.6 Å². The van der Waals surface area contributed by atoms with E-state index in [9.17, 15) is 8.78 Å². The Morgan fingerprint density at radius 3 is 2.78 bits per heavy atom. The molecule has 2 aromatic carbocycles. The monoisotopic (exact) mass is 334 g/mol. The summed E-state index contributed by atoms with van der Waals surface area (Å²) in [6, 6.07) is 10.7. The highest BCUT2D eigenvalue weighted by Gasteiger charge is 2.11. The van der Waals surface area contributed by atoms with Crippen molar-refractivity contribution < 1.29 is 13.5 Å². The number of tetrazole rings is 1. The molecule has 0 bridgehead atoms. The second-order valence-corrected chi connectivity index (χ2v) is 5.55. The summed E-state index contributed by atoms with van der Waals surface area (Å²) in [5, 5.41) is 11.9. The van der Waals surface area contributed by atoms with Gasteiger partial charge in [-0.25, -0.2) is 8.78 Å². The first-order valence-electron chi connectivity index (χ1n) is 6.67. The first-order valence-corrected chi connectivity index (χ1v) is 7.65. The van der Waals surface area contributed by atoms with Crippen LogP contribution in [0.1, 0.15) is 5.56 Å². The third-order valence-electron chi connectivity index (χ3n) is 3.08. The predicted octanol–water partition coefficient (Wildman–Crippen LogP) is 3.24. The van der Waals surface area contributed by atoms with Crippen LogP contribution in [0.2, 0.25) is 0 Å². The van der Waals surface area contributed by atoms with Crippen molar-refractivity contribution in [2.24, 2.45) is 0 Å². The lowest BCUT2D eigenvalue weighted by Crippen LogP contribution is -1.99. The van der Waals surface area contributed by atoms with Gasteiger partial charge >= 0.3 is 0 Å². The van der Waals surface area contributed by atoms with Crippen LogP contribution in [0.25, 0.3) is 5.69 Å². The molecule has 1 heterocycles. The van der Waals surface area contributed by atoms with Gasteiger partial charge in [0.1, 0.15) is 5.82 Å². The molecule has 0 aliphatic rings. The lowest BCUT2D eigenvalue weighted by atomic mass is 10.2. The fourth-order valence-corrected chi connectivity index (χ4v) is 2.82. The van der Waals surface area contributed by atoms with Crippen LogP contribution in [0.5, 0.6) is 5.75 Å². The Morgan fingerprint density at radius 1 is 1.17 bits per heavy atom. The SMILES string of the molecule is COc1ccc(CSc2nnnn2-c2cccc(F)c2)cc1F. The second kappa shape index (κ2) is 6.74. The number of ether oxygens (including phenoxy) is 1. The predicted molar refractivity (Wildman–Crippen MR) is 81.6 cm³/mol. The van der Waals surface area contributed by atoms with E-state index in [0.717, 1.165) is 5.56 Å². The van der Waals surface area contributed by atoms with Crippen LogP contribution in [0.3, 0.4) is 0 Å². The Morgan fingerprint density at radius 2 is 2.04 bits per heavy atom. The first kappa shape index (κ1) is 15.4. The van der Waals surface area contributed by atoms with Gasteiger partial charge < -0.3 is 4.74 Å². The van der Waals surface area contributed by atoms with Crippen molar-refractivity contribution in [3.8, 4) is 11.4 Å². The number of nitrogens with zero attached hydrogens (tertiary/aromatic N) is 4. The average molecular weight is 334 g/mol. The molecule has 0 saturated heterocycles.